The van der Waals surface area contributed by atoms with E-state index in [1.807, 2.05) is 6.07 Å². The molecule has 2 aromatic rings. The maximum absolute atomic E-state index is 13.1. The monoisotopic (exact) mass is 370 g/mol. The highest BCUT2D eigenvalue weighted by atomic mass is 19.1. The molecule has 0 saturated carbocycles. The molecule has 1 N–H and O–H groups in total. The van der Waals surface area contributed by atoms with Crippen LogP contribution in [0.25, 0.3) is 11.4 Å². The van der Waals surface area contributed by atoms with Crippen LogP contribution in [0.1, 0.15) is 33.1 Å². The average Bonchev–Trinajstić information content (AvgIpc) is 2.68. The second-order valence-electron chi connectivity index (χ2n) is 7.50. The highest BCUT2D eigenvalue weighted by molar-refractivity contribution is 5.79. The van der Waals surface area contributed by atoms with E-state index >= 15 is 0 Å². The van der Waals surface area contributed by atoms with Crippen LogP contribution in [0.2, 0.25) is 0 Å². The highest BCUT2D eigenvalue weighted by Crippen LogP contribution is 2.24. The van der Waals surface area contributed by atoms with Crippen molar-refractivity contribution < 1.29 is 9.18 Å². The maximum Gasteiger partial charge on any atom is 0.224 e. The van der Waals surface area contributed by atoms with Crippen molar-refractivity contribution in [2.24, 2.45) is 11.8 Å². The first-order valence-corrected chi connectivity index (χ1v) is 9.64. The third-order valence-electron chi connectivity index (χ3n) is 4.88. The molecule has 1 aromatic heterocycles. The van der Waals surface area contributed by atoms with E-state index in [1.54, 1.807) is 18.3 Å². The van der Waals surface area contributed by atoms with Gasteiger partial charge >= 0.3 is 0 Å². The first-order valence-electron chi connectivity index (χ1n) is 9.64. The van der Waals surface area contributed by atoms with E-state index in [4.69, 9.17) is 0 Å². The van der Waals surface area contributed by atoms with Crippen molar-refractivity contribution in [2.75, 3.05) is 24.5 Å². The van der Waals surface area contributed by atoms with Gasteiger partial charge in [-0.25, -0.2) is 14.4 Å². The number of piperidine rings is 1. The zero-order chi connectivity index (χ0) is 19.2. The van der Waals surface area contributed by atoms with Crippen molar-refractivity contribution in [3.8, 4) is 11.4 Å². The van der Waals surface area contributed by atoms with E-state index < -0.39 is 0 Å². The number of benzene rings is 1. The summed E-state index contributed by atoms with van der Waals surface area (Å²) in [6, 6.07) is 8.03. The van der Waals surface area contributed by atoms with Gasteiger partial charge in [0.1, 0.15) is 11.6 Å². The largest absolute Gasteiger partial charge is 0.356 e. The van der Waals surface area contributed by atoms with Crippen molar-refractivity contribution in [3.05, 3.63) is 42.3 Å². The average molecular weight is 370 g/mol. The molecule has 1 atom stereocenters. The van der Waals surface area contributed by atoms with E-state index in [0.717, 1.165) is 43.7 Å². The Morgan fingerprint density at radius 3 is 2.81 bits per heavy atom. The van der Waals surface area contributed by atoms with Gasteiger partial charge in [-0.3, -0.25) is 4.79 Å². The summed E-state index contributed by atoms with van der Waals surface area (Å²) in [6.07, 6.45) is 4.57. The summed E-state index contributed by atoms with van der Waals surface area (Å²) in [5.41, 5.74) is 0.776. The smallest absolute Gasteiger partial charge is 0.224 e. The molecule has 0 aliphatic carbocycles. The van der Waals surface area contributed by atoms with Crippen molar-refractivity contribution in [2.45, 2.75) is 33.1 Å². The minimum atomic E-state index is -0.280. The van der Waals surface area contributed by atoms with E-state index in [1.165, 1.54) is 12.1 Å². The molecule has 6 heteroatoms. The number of hydrogen-bond donors (Lipinski definition) is 1. The van der Waals surface area contributed by atoms with Crippen molar-refractivity contribution >= 4 is 11.7 Å². The second-order valence-corrected chi connectivity index (χ2v) is 7.50. The minimum absolute atomic E-state index is 0.0184. The van der Waals surface area contributed by atoms with Crippen LogP contribution in [0.5, 0.6) is 0 Å². The molecule has 1 amide bonds. The van der Waals surface area contributed by atoms with E-state index in [9.17, 15) is 9.18 Å². The normalized spacial score (nSPS) is 17.2. The van der Waals surface area contributed by atoms with Crippen LogP contribution in [0, 0.1) is 17.7 Å². The molecule has 0 unspecified atom stereocenters. The van der Waals surface area contributed by atoms with Gasteiger partial charge in [-0.2, -0.15) is 0 Å². The number of anilines is 1. The molecule has 0 spiro atoms. The number of nitrogens with zero attached hydrogens (tertiary/aromatic N) is 3. The number of halogens is 1. The van der Waals surface area contributed by atoms with Gasteiger partial charge in [-0.1, -0.05) is 13.8 Å². The van der Waals surface area contributed by atoms with Crippen LogP contribution in [0.4, 0.5) is 10.2 Å². The molecule has 0 bridgehead atoms. The Kier molecular flexibility index (Phi) is 6.37. The van der Waals surface area contributed by atoms with Crippen LogP contribution in [-0.2, 0) is 4.79 Å². The summed E-state index contributed by atoms with van der Waals surface area (Å²) in [5, 5.41) is 3.06. The molecule has 2 heterocycles. The predicted molar refractivity (Wildman–Crippen MR) is 105 cm³/mol. The molecule has 0 radical (unpaired) electrons. The lowest BCUT2D eigenvalue weighted by Crippen LogP contribution is -2.43. The first kappa shape index (κ1) is 19.3. The van der Waals surface area contributed by atoms with Crippen molar-refractivity contribution in [1.29, 1.82) is 0 Å². The molecule has 27 heavy (non-hydrogen) atoms. The van der Waals surface area contributed by atoms with Gasteiger partial charge in [0.15, 0.2) is 5.82 Å². The van der Waals surface area contributed by atoms with Gasteiger partial charge in [0.2, 0.25) is 5.91 Å². The number of hydrogen-bond acceptors (Lipinski definition) is 4. The Labute approximate surface area is 160 Å². The highest BCUT2D eigenvalue weighted by Gasteiger charge is 2.26. The SMILES string of the molecule is CC(C)CCNC(=O)[C@@H]1CCCN(c2ccnc(-c3ccc(F)cc3)n2)C1. The van der Waals surface area contributed by atoms with Crippen LogP contribution >= 0.6 is 0 Å². The van der Waals surface area contributed by atoms with Gasteiger partial charge in [0.05, 0.1) is 5.92 Å². The Balaban J connectivity index is 1.66. The van der Waals surface area contributed by atoms with Crippen LogP contribution < -0.4 is 10.2 Å². The fourth-order valence-electron chi connectivity index (χ4n) is 3.29. The molecule has 144 valence electrons. The summed E-state index contributed by atoms with van der Waals surface area (Å²) in [4.78, 5) is 23.6. The molecular weight excluding hydrogens is 343 g/mol. The summed E-state index contributed by atoms with van der Waals surface area (Å²) in [5.74, 6) is 1.79. The zero-order valence-electron chi connectivity index (χ0n) is 16.0. The lowest BCUT2D eigenvalue weighted by atomic mass is 9.97. The summed E-state index contributed by atoms with van der Waals surface area (Å²) >= 11 is 0. The molecular formula is C21H27FN4O. The molecule has 5 nitrogen and oxygen atoms in total. The molecule has 1 saturated heterocycles. The van der Waals surface area contributed by atoms with Crippen LogP contribution in [0.3, 0.4) is 0 Å². The summed E-state index contributed by atoms with van der Waals surface area (Å²) < 4.78 is 13.1. The molecule has 3 rings (SSSR count). The van der Waals surface area contributed by atoms with E-state index in [2.05, 4.69) is 34.0 Å². The van der Waals surface area contributed by atoms with Crippen LogP contribution in [0.15, 0.2) is 36.5 Å². The summed E-state index contributed by atoms with van der Waals surface area (Å²) in [7, 11) is 0. The van der Waals surface area contributed by atoms with E-state index in [0.29, 0.717) is 18.3 Å². The molecule has 1 aromatic carbocycles. The molecule has 1 aliphatic heterocycles. The fourth-order valence-corrected chi connectivity index (χ4v) is 3.29. The zero-order valence-corrected chi connectivity index (χ0v) is 16.0. The number of carbonyl (C=O) groups is 1. The minimum Gasteiger partial charge on any atom is -0.356 e. The standard InChI is InChI=1S/C21H27FN4O/c1-15(2)9-11-24-21(27)17-4-3-13-26(14-17)19-10-12-23-20(25-19)16-5-7-18(22)8-6-16/h5-8,10,12,15,17H,3-4,9,11,13-14H2,1-2H3,(H,24,27)/t17-/m1/s1. The van der Waals surface area contributed by atoms with E-state index in [-0.39, 0.29) is 17.6 Å². The molecule has 1 aliphatic rings. The lowest BCUT2D eigenvalue weighted by molar-refractivity contribution is -0.125. The summed E-state index contributed by atoms with van der Waals surface area (Å²) in [6.45, 7) is 6.57. The van der Waals surface area contributed by atoms with Gasteiger partial charge in [-0.05, 0) is 55.5 Å². The second kappa shape index (κ2) is 8.93. The Morgan fingerprint density at radius 2 is 2.07 bits per heavy atom. The van der Waals surface area contributed by atoms with Crippen molar-refractivity contribution in [3.63, 3.8) is 0 Å². The number of aromatic nitrogens is 2. The molecule has 1 fully saturated rings. The van der Waals surface area contributed by atoms with Crippen LogP contribution in [-0.4, -0.2) is 35.5 Å². The van der Waals surface area contributed by atoms with Gasteiger partial charge < -0.3 is 10.2 Å². The topological polar surface area (TPSA) is 58.1 Å². The first-order chi connectivity index (χ1) is 13.0. The third-order valence-corrected chi connectivity index (χ3v) is 4.88. The Morgan fingerprint density at radius 1 is 1.30 bits per heavy atom. The number of carbonyl (C=O) groups excluding carboxylic acids is 1. The third kappa shape index (κ3) is 5.25. The van der Waals surface area contributed by atoms with Crippen molar-refractivity contribution in [1.82, 2.24) is 15.3 Å². The van der Waals surface area contributed by atoms with Gasteiger partial charge in [0.25, 0.3) is 0 Å². The number of amides is 1. The Bertz CT molecular complexity index is 763. The van der Waals surface area contributed by atoms with Gasteiger partial charge in [-0.15, -0.1) is 0 Å². The Hall–Kier alpha value is -2.50. The number of rotatable bonds is 6. The van der Waals surface area contributed by atoms with Gasteiger partial charge in [0, 0.05) is 31.4 Å². The fraction of sp³-hybridized carbons (Fsp3) is 0.476. The quantitative estimate of drug-likeness (QED) is 0.843. The maximum atomic E-state index is 13.1. The lowest BCUT2D eigenvalue weighted by Gasteiger charge is -2.33. The predicted octanol–water partition coefficient (Wildman–Crippen LogP) is 3.66. The number of nitrogens with one attached hydrogen (secondary N) is 1.